The van der Waals surface area contributed by atoms with Gasteiger partial charge in [-0.3, -0.25) is 0 Å². The van der Waals surface area contributed by atoms with Crippen molar-refractivity contribution in [2.24, 2.45) is 11.5 Å². The summed E-state index contributed by atoms with van der Waals surface area (Å²) < 4.78 is 10.7. The molecule has 1 aliphatic rings. The van der Waals surface area contributed by atoms with Gasteiger partial charge in [-0.1, -0.05) is 24.4 Å². The lowest BCUT2D eigenvalue weighted by atomic mass is 10.0. The second-order valence-corrected chi connectivity index (χ2v) is 3.87. The number of nitrogens with two attached hydrogens (primary N) is 2. The second-order valence-electron chi connectivity index (χ2n) is 3.43. The van der Waals surface area contributed by atoms with Crippen LogP contribution in [-0.4, -0.2) is 12.1 Å². The number of hydrogen-bond donors (Lipinski definition) is 2. The van der Waals surface area contributed by atoms with E-state index in [0.717, 1.165) is 5.56 Å². The molecule has 5 heteroatoms. The monoisotopic (exact) mass is 236 g/mol. The molecular formula is C11H12N2O2S. The molecule has 0 saturated carbocycles. The van der Waals surface area contributed by atoms with Crippen molar-refractivity contribution in [1.29, 1.82) is 0 Å². The molecule has 4 N–H and O–H groups in total. The summed E-state index contributed by atoms with van der Waals surface area (Å²) in [7, 11) is 1.59. The quantitative estimate of drug-likeness (QED) is 0.752. The van der Waals surface area contributed by atoms with Gasteiger partial charge in [-0.25, -0.2) is 0 Å². The molecular weight excluding hydrogens is 224 g/mol. The highest BCUT2D eigenvalue weighted by Crippen LogP contribution is 2.36. The molecule has 0 spiro atoms. The first-order chi connectivity index (χ1) is 7.63. The van der Waals surface area contributed by atoms with Crippen LogP contribution in [-0.2, 0) is 6.42 Å². The summed E-state index contributed by atoms with van der Waals surface area (Å²) in [6, 6.07) is 5.64. The Morgan fingerprint density at radius 3 is 2.88 bits per heavy atom. The van der Waals surface area contributed by atoms with Gasteiger partial charge in [0, 0.05) is 12.0 Å². The fourth-order valence-corrected chi connectivity index (χ4v) is 1.81. The molecule has 4 nitrogen and oxygen atoms in total. The maximum Gasteiger partial charge on any atom is 0.197 e. The SMILES string of the molecule is COc1cccc2c1OC(N)=C(C(N)=S)C2. The third kappa shape index (κ3) is 1.69. The Hall–Kier alpha value is -1.75. The Morgan fingerprint density at radius 1 is 1.50 bits per heavy atom. The summed E-state index contributed by atoms with van der Waals surface area (Å²) >= 11 is 4.91. The van der Waals surface area contributed by atoms with Gasteiger partial charge in [0.25, 0.3) is 0 Å². The minimum Gasteiger partial charge on any atom is -0.493 e. The maximum atomic E-state index is 5.75. The lowest BCUT2D eigenvalue weighted by Gasteiger charge is -2.21. The summed E-state index contributed by atoms with van der Waals surface area (Å²) in [4.78, 5) is 0.269. The number of rotatable bonds is 2. The number of thiocarbonyl (C=S) groups is 1. The average Bonchev–Trinajstić information content (AvgIpc) is 2.27. The van der Waals surface area contributed by atoms with E-state index >= 15 is 0 Å². The van der Waals surface area contributed by atoms with Gasteiger partial charge < -0.3 is 20.9 Å². The van der Waals surface area contributed by atoms with Crippen molar-refractivity contribution in [3.63, 3.8) is 0 Å². The van der Waals surface area contributed by atoms with Crippen LogP contribution in [0.2, 0.25) is 0 Å². The number of hydrogen-bond acceptors (Lipinski definition) is 4. The Labute approximate surface area is 98.8 Å². The first-order valence-corrected chi connectivity index (χ1v) is 5.16. The van der Waals surface area contributed by atoms with Crippen LogP contribution >= 0.6 is 12.2 Å². The van der Waals surface area contributed by atoms with Crippen LogP contribution in [0.1, 0.15) is 5.56 Å². The van der Waals surface area contributed by atoms with Crippen molar-refractivity contribution < 1.29 is 9.47 Å². The van der Waals surface area contributed by atoms with E-state index in [1.54, 1.807) is 7.11 Å². The number of methoxy groups -OCH3 is 1. The van der Waals surface area contributed by atoms with Crippen molar-refractivity contribution in [3.8, 4) is 11.5 Å². The summed E-state index contributed by atoms with van der Waals surface area (Å²) in [5.74, 6) is 1.55. The molecule has 1 aromatic carbocycles. The van der Waals surface area contributed by atoms with E-state index in [0.29, 0.717) is 23.5 Å². The van der Waals surface area contributed by atoms with Crippen LogP contribution in [0.4, 0.5) is 0 Å². The Balaban J connectivity index is 2.46. The van der Waals surface area contributed by atoms with E-state index in [1.165, 1.54) is 0 Å². The summed E-state index contributed by atoms with van der Waals surface area (Å²) in [5, 5.41) is 0. The molecule has 0 fully saturated rings. The minimum absolute atomic E-state index is 0.254. The predicted octanol–water partition coefficient (Wildman–Crippen LogP) is 1.09. The zero-order valence-electron chi connectivity index (χ0n) is 8.82. The topological polar surface area (TPSA) is 70.5 Å². The third-order valence-corrected chi connectivity index (χ3v) is 2.70. The van der Waals surface area contributed by atoms with E-state index < -0.39 is 0 Å². The predicted molar refractivity (Wildman–Crippen MR) is 65.3 cm³/mol. The number of fused-ring (bicyclic) bond motifs is 1. The van der Waals surface area contributed by atoms with E-state index in [2.05, 4.69) is 0 Å². The first-order valence-electron chi connectivity index (χ1n) is 4.75. The van der Waals surface area contributed by atoms with E-state index in [1.807, 2.05) is 18.2 Å². The molecule has 0 bridgehead atoms. The van der Waals surface area contributed by atoms with Gasteiger partial charge in [-0.2, -0.15) is 0 Å². The molecule has 0 unspecified atom stereocenters. The van der Waals surface area contributed by atoms with E-state index in [9.17, 15) is 0 Å². The summed E-state index contributed by atoms with van der Waals surface area (Å²) in [6.07, 6.45) is 0.577. The van der Waals surface area contributed by atoms with Crippen LogP contribution in [0.3, 0.4) is 0 Å². The third-order valence-electron chi connectivity index (χ3n) is 2.45. The van der Waals surface area contributed by atoms with Crippen molar-refractivity contribution in [1.82, 2.24) is 0 Å². The normalized spacial score (nSPS) is 14.1. The molecule has 16 heavy (non-hydrogen) atoms. The Morgan fingerprint density at radius 2 is 2.25 bits per heavy atom. The molecule has 0 aromatic heterocycles. The number of benzene rings is 1. The van der Waals surface area contributed by atoms with Gasteiger partial charge in [0.1, 0.15) is 4.99 Å². The van der Waals surface area contributed by atoms with Gasteiger partial charge in [-0.15, -0.1) is 0 Å². The zero-order valence-corrected chi connectivity index (χ0v) is 9.64. The van der Waals surface area contributed by atoms with Gasteiger partial charge in [0.15, 0.2) is 17.4 Å². The van der Waals surface area contributed by atoms with E-state index in [-0.39, 0.29) is 10.9 Å². The summed E-state index contributed by atoms with van der Waals surface area (Å²) in [5.41, 5.74) is 13.0. The Bertz CT molecular complexity index is 483. The molecule has 0 atom stereocenters. The van der Waals surface area contributed by atoms with Crippen LogP contribution in [0.5, 0.6) is 11.5 Å². The van der Waals surface area contributed by atoms with Crippen molar-refractivity contribution in [2.75, 3.05) is 7.11 Å². The highest BCUT2D eigenvalue weighted by molar-refractivity contribution is 7.80. The molecule has 2 rings (SSSR count). The highest BCUT2D eigenvalue weighted by atomic mass is 32.1. The molecule has 1 heterocycles. The maximum absolute atomic E-state index is 5.75. The smallest absolute Gasteiger partial charge is 0.197 e. The van der Waals surface area contributed by atoms with Crippen molar-refractivity contribution in [3.05, 3.63) is 35.2 Å². The number of ether oxygens (including phenoxy) is 2. The molecule has 0 radical (unpaired) electrons. The summed E-state index contributed by atoms with van der Waals surface area (Å²) in [6.45, 7) is 0. The molecule has 1 aliphatic heterocycles. The standard InChI is InChI=1S/C11H12N2O2S/c1-14-8-4-2-3-6-5-7(11(13)16)10(12)15-9(6)8/h2-4H,5,12H2,1H3,(H2,13,16). The largest absolute Gasteiger partial charge is 0.493 e. The molecule has 0 amide bonds. The highest BCUT2D eigenvalue weighted by Gasteiger charge is 2.22. The van der Waals surface area contributed by atoms with Gasteiger partial charge in [0.05, 0.1) is 12.7 Å². The fourth-order valence-electron chi connectivity index (χ4n) is 1.63. The van der Waals surface area contributed by atoms with E-state index in [4.69, 9.17) is 33.2 Å². The average molecular weight is 236 g/mol. The van der Waals surface area contributed by atoms with Crippen molar-refractivity contribution in [2.45, 2.75) is 6.42 Å². The minimum atomic E-state index is 0.254. The van der Waals surface area contributed by atoms with Gasteiger partial charge in [-0.05, 0) is 6.07 Å². The second kappa shape index (κ2) is 4.02. The molecule has 1 aromatic rings. The fraction of sp³-hybridized carbons (Fsp3) is 0.182. The van der Waals surface area contributed by atoms with Crippen LogP contribution in [0, 0.1) is 0 Å². The number of para-hydroxylation sites is 1. The Kier molecular flexibility index (Phi) is 2.70. The van der Waals surface area contributed by atoms with Crippen LogP contribution < -0.4 is 20.9 Å². The molecule has 0 aliphatic carbocycles. The molecule has 0 saturated heterocycles. The van der Waals surface area contributed by atoms with Crippen LogP contribution in [0.25, 0.3) is 0 Å². The molecule has 84 valence electrons. The first kappa shape index (κ1) is 10.8. The lowest BCUT2D eigenvalue weighted by molar-refractivity contribution is 0.348. The van der Waals surface area contributed by atoms with Crippen LogP contribution in [0.15, 0.2) is 29.7 Å². The van der Waals surface area contributed by atoms with Gasteiger partial charge >= 0.3 is 0 Å². The lowest BCUT2D eigenvalue weighted by Crippen LogP contribution is -2.25. The van der Waals surface area contributed by atoms with Gasteiger partial charge in [0.2, 0.25) is 0 Å². The zero-order chi connectivity index (χ0) is 11.7. The van der Waals surface area contributed by atoms with Crippen molar-refractivity contribution >= 4 is 17.2 Å².